The third-order valence-electron chi connectivity index (χ3n) is 2.46. The van der Waals surface area contributed by atoms with Crippen molar-refractivity contribution in [3.05, 3.63) is 34.2 Å². The summed E-state index contributed by atoms with van der Waals surface area (Å²) in [4.78, 5) is 3.21. The Morgan fingerprint density at radius 3 is 2.88 bits per heavy atom. The van der Waals surface area contributed by atoms with E-state index in [9.17, 15) is 4.39 Å². The third-order valence-corrected chi connectivity index (χ3v) is 3.36. The normalized spacial score (nSPS) is 11.6. The van der Waals surface area contributed by atoms with Gasteiger partial charge in [-0.3, -0.25) is 0 Å². The molecule has 0 saturated heterocycles. The molecule has 2 N–H and O–H groups in total. The van der Waals surface area contributed by atoms with Crippen molar-refractivity contribution in [1.82, 2.24) is 10.3 Å². The maximum absolute atomic E-state index is 13.0. The third kappa shape index (κ3) is 2.28. The van der Waals surface area contributed by atoms with Crippen molar-refractivity contribution in [2.45, 2.75) is 26.4 Å². The summed E-state index contributed by atoms with van der Waals surface area (Å²) in [5.74, 6) is -0.218. The van der Waals surface area contributed by atoms with Crippen LogP contribution in [0.15, 0.2) is 22.7 Å². The van der Waals surface area contributed by atoms with Gasteiger partial charge in [0.05, 0.1) is 0 Å². The van der Waals surface area contributed by atoms with Crippen molar-refractivity contribution >= 4 is 26.8 Å². The highest BCUT2D eigenvalue weighted by Crippen LogP contribution is 2.28. The predicted octanol–water partition coefficient (Wildman–Crippen LogP) is 3.57. The van der Waals surface area contributed by atoms with Crippen LogP contribution in [-0.4, -0.2) is 11.0 Å². The Kier molecular flexibility index (Phi) is 3.30. The molecule has 4 heteroatoms. The second-order valence-corrected chi connectivity index (χ2v) is 4.94. The summed E-state index contributed by atoms with van der Waals surface area (Å²) in [5, 5.41) is 4.34. The molecule has 0 aliphatic heterocycles. The lowest BCUT2D eigenvalue weighted by atomic mass is 10.2. The first-order valence-corrected chi connectivity index (χ1v) is 6.06. The molecule has 0 saturated carbocycles. The number of fused-ring (bicyclic) bond motifs is 1. The first-order chi connectivity index (χ1) is 7.58. The molecule has 2 aromatic rings. The number of nitrogens with one attached hydrogen (secondary N) is 2. The zero-order chi connectivity index (χ0) is 11.7. The van der Waals surface area contributed by atoms with Gasteiger partial charge in [0.2, 0.25) is 0 Å². The van der Waals surface area contributed by atoms with Gasteiger partial charge in [-0.1, -0.05) is 13.8 Å². The molecule has 0 fully saturated rings. The van der Waals surface area contributed by atoms with Crippen LogP contribution in [0.3, 0.4) is 0 Å². The van der Waals surface area contributed by atoms with E-state index in [0.717, 1.165) is 27.6 Å². The van der Waals surface area contributed by atoms with E-state index in [1.165, 1.54) is 12.1 Å². The molecule has 0 atom stereocenters. The number of benzene rings is 1. The average Bonchev–Trinajstić information content (AvgIpc) is 2.52. The van der Waals surface area contributed by atoms with Gasteiger partial charge in [0, 0.05) is 33.7 Å². The van der Waals surface area contributed by atoms with E-state index >= 15 is 0 Å². The molecular formula is C12H14BrFN2. The topological polar surface area (TPSA) is 27.8 Å². The number of rotatable bonds is 3. The van der Waals surface area contributed by atoms with Crippen molar-refractivity contribution in [3.63, 3.8) is 0 Å². The molecule has 0 bridgehead atoms. The van der Waals surface area contributed by atoms with Crippen LogP contribution in [0.5, 0.6) is 0 Å². The number of aromatic nitrogens is 1. The fourth-order valence-electron chi connectivity index (χ4n) is 1.62. The smallest absolute Gasteiger partial charge is 0.125 e. The van der Waals surface area contributed by atoms with Crippen LogP contribution in [0.1, 0.15) is 19.5 Å². The Morgan fingerprint density at radius 2 is 2.19 bits per heavy atom. The first-order valence-electron chi connectivity index (χ1n) is 5.27. The van der Waals surface area contributed by atoms with E-state index in [2.05, 4.69) is 40.1 Å². The van der Waals surface area contributed by atoms with Crippen LogP contribution in [0.2, 0.25) is 0 Å². The standard InChI is InChI=1S/C12H14BrFN2/c1-7(2)15-6-11-12(13)9-4-3-8(14)5-10(9)16-11/h3-5,7,15-16H,6H2,1-2H3. The predicted molar refractivity (Wildman–Crippen MR) is 67.9 cm³/mol. The van der Waals surface area contributed by atoms with Crippen LogP contribution in [0, 0.1) is 5.82 Å². The molecule has 0 radical (unpaired) electrons. The second-order valence-electron chi connectivity index (χ2n) is 4.14. The Morgan fingerprint density at radius 1 is 1.44 bits per heavy atom. The monoisotopic (exact) mass is 284 g/mol. The molecule has 1 aromatic heterocycles. The van der Waals surface area contributed by atoms with Gasteiger partial charge in [0.25, 0.3) is 0 Å². The molecule has 1 aromatic carbocycles. The van der Waals surface area contributed by atoms with Crippen molar-refractivity contribution in [3.8, 4) is 0 Å². The Bertz CT molecular complexity index is 505. The van der Waals surface area contributed by atoms with Crippen LogP contribution in [0.25, 0.3) is 10.9 Å². The van der Waals surface area contributed by atoms with E-state index < -0.39 is 0 Å². The van der Waals surface area contributed by atoms with Crippen molar-refractivity contribution in [1.29, 1.82) is 0 Å². The fourth-order valence-corrected chi connectivity index (χ4v) is 2.20. The molecule has 0 unspecified atom stereocenters. The van der Waals surface area contributed by atoms with Crippen LogP contribution in [0.4, 0.5) is 4.39 Å². The Labute approximate surface area is 102 Å². The Hall–Kier alpha value is -0.870. The molecule has 0 aliphatic carbocycles. The number of hydrogen-bond donors (Lipinski definition) is 2. The highest BCUT2D eigenvalue weighted by Gasteiger charge is 2.09. The minimum Gasteiger partial charge on any atom is -0.356 e. The minimum absolute atomic E-state index is 0.218. The highest BCUT2D eigenvalue weighted by molar-refractivity contribution is 9.10. The zero-order valence-corrected chi connectivity index (χ0v) is 10.9. The van der Waals surface area contributed by atoms with Crippen LogP contribution < -0.4 is 5.32 Å². The summed E-state index contributed by atoms with van der Waals surface area (Å²) < 4.78 is 14.1. The largest absolute Gasteiger partial charge is 0.356 e. The Balaban J connectivity index is 2.36. The molecule has 2 rings (SSSR count). The quantitative estimate of drug-likeness (QED) is 0.886. The SMILES string of the molecule is CC(C)NCc1[nH]c2cc(F)ccc2c1Br. The molecule has 86 valence electrons. The van der Waals surface area contributed by atoms with Gasteiger partial charge < -0.3 is 10.3 Å². The summed E-state index contributed by atoms with van der Waals surface area (Å²) in [6.07, 6.45) is 0. The molecule has 1 heterocycles. The average molecular weight is 285 g/mol. The lowest BCUT2D eigenvalue weighted by Gasteiger charge is -2.06. The van der Waals surface area contributed by atoms with E-state index in [0.29, 0.717) is 6.04 Å². The molecular weight excluding hydrogens is 271 g/mol. The number of halogens is 2. The van der Waals surface area contributed by atoms with Gasteiger partial charge in [-0.2, -0.15) is 0 Å². The lowest BCUT2D eigenvalue weighted by Crippen LogP contribution is -2.22. The van der Waals surface area contributed by atoms with Gasteiger partial charge in [-0.05, 0) is 34.1 Å². The van der Waals surface area contributed by atoms with Crippen molar-refractivity contribution in [2.75, 3.05) is 0 Å². The maximum atomic E-state index is 13.0. The summed E-state index contributed by atoms with van der Waals surface area (Å²) in [6.45, 7) is 4.93. The summed E-state index contributed by atoms with van der Waals surface area (Å²) in [7, 11) is 0. The van der Waals surface area contributed by atoms with Gasteiger partial charge in [-0.15, -0.1) is 0 Å². The minimum atomic E-state index is -0.218. The molecule has 0 spiro atoms. The van der Waals surface area contributed by atoms with E-state index in [1.807, 2.05) is 0 Å². The van der Waals surface area contributed by atoms with E-state index in [-0.39, 0.29) is 5.82 Å². The number of H-pyrrole nitrogens is 1. The lowest BCUT2D eigenvalue weighted by molar-refractivity contribution is 0.582. The molecule has 2 nitrogen and oxygen atoms in total. The summed E-state index contributed by atoms with van der Waals surface area (Å²) in [6, 6.07) is 5.19. The van der Waals surface area contributed by atoms with Crippen molar-refractivity contribution < 1.29 is 4.39 Å². The molecule has 0 amide bonds. The zero-order valence-electron chi connectivity index (χ0n) is 9.27. The molecule has 16 heavy (non-hydrogen) atoms. The number of hydrogen-bond acceptors (Lipinski definition) is 1. The number of aromatic amines is 1. The molecule has 0 aliphatic rings. The summed E-state index contributed by atoms with van der Waals surface area (Å²) >= 11 is 3.53. The highest BCUT2D eigenvalue weighted by atomic mass is 79.9. The van der Waals surface area contributed by atoms with Gasteiger partial charge in [0.1, 0.15) is 5.82 Å². The van der Waals surface area contributed by atoms with Crippen LogP contribution in [-0.2, 0) is 6.54 Å². The van der Waals surface area contributed by atoms with Crippen molar-refractivity contribution in [2.24, 2.45) is 0 Å². The second kappa shape index (κ2) is 4.55. The van der Waals surface area contributed by atoms with Gasteiger partial charge in [0.15, 0.2) is 0 Å². The van der Waals surface area contributed by atoms with Gasteiger partial charge in [-0.25, -0.2) is 4.39 Å². The van der Waals surface area contributed by atoms with Gasteiger partial charge >= 0.3 is 0 Å². The van der Waals surface area contributed by atoms with Crippen LogP contribution >= 0.6 is 15.9 Å². The fraction of sp³-hybridized carbons (Fsp3) is 0.333. The van der Waals surface area contributed by atoms with E-state index in [4.69, 9.17) is 0 Å². The maximum Gasteiger partial charge on any atom is 0.125 e. The first kappa shape index (κ1) is 11.6. The summed E-state index contributed by atoms with van der Waals surface area (Å²) in [5.41, 5.74) is 1.88. The van der Waals surface area contributed by atoms with E-state index in [1.54, 1.807) is 6.07 Å².